The summed E-state index contributed by atoms with van der Waals surface area (Å²) in [4.78, 5) is 24.4. The molecule has 2 N–H and O–H groups in total. The van der Waals surface area contributed by atoms with Crippen LogP contribution in [0.15, 0.2) is 36.4 Å². The third kappa shape index (κ3) is 3.69. The number of carboxylic acid groups (broad SMARTS) is 1. The third-order valence-corrected chi connectivity index (χ3v) is 4.42. The van der Waals surface area contributed by atoms with Crippen LogP contribution in [0.3, 0.4) is 0 Å². The van der Waals surface area contributed by atoms with Crippen molar-refractivity contribution >= 4 is 17.6 Å². The number of carbonyl (C=O) groups excluding carboxylic acids is 1. The van der Waals surface area contributed by atoms with E-state index in [1.165, 1.54) is 18.2 Å². The molecule has 6 heteroatoms. The highest BCUT2D eigenvalue weighted by molar-refractivity contribution is 5.95. The molecule has 130 valence electrons. The van der Waals surface area contributed by atoms with E-state index >= 15 is 0 Å². The summed E-state index contributed by atoms with van der Waals surface area (Å²) < 4.78 is 13.8. The van der Waals surface area contributed by atoms with Gasteiger partial charge in [0.2, 0.25) is 5.91 Å². The lowest BCUT2D eigenvalue weighted by Crippen LogP contribution is -2.31. The molecule has 0 bridgehead atoms. The monoisotopic (exact) mass is 342 g/mol. The first-order valence-electron chi connectivity index (χ1n) is 8.06. The van der Waals surface area contributed by atoms with Gasteiger partial charge in [0.1, 0.15) is 5.82 Å². The Labute approximate surface area is 145 Å². The van der Waals surface area contributed by atoms with Crippen molar-refractivity contribution in [1.29, 1.82) is 0 Å². The largest absolute Gasteiger partial charge is 0.478 e. The smallest absolute Gasteiger partial charge is 0.335 e. The summed E-state index contributed by atoms with van der Waals surface area (Å²) in [6, 6.07) is 9.68. The molecule has 0 fully saturated rings. The molecule has 0 aliphatic carbocycles. The molecule has 1 heterocycles. The number of aryl methyl sites for hydroxylation is 1. The number of fused-ring (bicyclic) bond motifs is 1. The Hall–Kier alpha value is -2.73. The fourth-order valence-electron chi connectivity index (χ4n) is 3.00. The van der Waals surface area contributed by atoms with Crippen LogP contribution in [-0.4, -0.2) is 24.0 Å². The van der Waals surface area contributed by atoms with Crippen molar-refractivity contribution in [1.82, 2.24) is 5.32 Å². The number of aromatic carboxylic acids is 1. The van der Waals surface area contributed by atoms with Crippen LogP contribution in [0, 0.1) is 5.82 Å². The summed E-state index contributed by atoms with van der Waals surface area (Å²) >= 11 is 0. The number of amides is 1. The number of hydrogen-bond acceptors (Lipinski definition) is 3. The van der Waals surface area contributed by atoms with Crippen LogP contribution in [0.2, 0.25) is 0 Å². The minimum atomic E-state index is -1.07. The Balaban J connectivity index is 1.66. The Kier molecular flexibility index (Phi) is 4.81. The second kappa shape index (κ2) is 7.03. The average Bonchev–Trinajstić information content (AvgIpc) is 2.59. The highest BCUT2D eigenvalue weighted by atomic mass is 19.1. The number of nitrogens with zero attached hydrogens (tertiary/aromatic N) is 1. The van der Waals surface area contributed by atoms with Gasteiger partial charge in [-0.2, -0.15) is 0 Å². The summed E-state index contributed by atoms with van der Waals surface area (Å²) in [5.74, 6) is -1.38. The lowest BCUT2D eigenvalue weighted by molar-refractivity contribution is -0.118. The van der Waals surface area contributed by atoms with Crippen molar-refractivity contribution < 1.29 is 19.1 Å². The molecule has 2 aromatic carbocycles. The molecule has 0 saturated carbocycles. The molecule has 25 heavy (non-hydrogen) atoms. The molecule has 2 aromatic rings. The second-order valence-electron chi connectivity index (χ2n) is 6.13. The van der Waals surface area contributed by atoms with E-state index in [-0.39, 0.29) is 18.0 Å². The van der Waals surface area contributed by atoms with Crippen LogP contribution in [0.4, 0.5) is 10.1 Å². The Morgan fingerprint density at radius 3 is 2.76 bits per heavy atom. The van der Waals surface area contributed by atoms with Crippen molar-refractivity contribution in [3.05, 3.63) is 64.5 Å². The van der Waals surface area contributed by atoms with Crippen LogP contribution < -0.4 is 10.2 Å². The van der Waals surface area contributed by atoms with E-state index in [0.29, 0.717) is 18.5 Å². The van der Waals surface area contributed by atoms with Gasteiger partial charge in [0, 0.05) is 37.8 Å². The number of carboxylic acids is 1. The molecule has 1 aliphatic heterocycles. The number of nitrogens with one attached hydrogen (secondary N) is 1. The molecule has 0 atom stereocenters. The molecular weight excluding hydrogens is 323 g/mol. The molecule has 0 radical (unpaired) electrons. The zero-order valence-electron chi connectivity index (χ0n) is 13.9. The number of carbonyl (C=O) groups is 2. The molecular formula is C19H19FN2O3. The Morgan fingerprint density at radius 2 is 2.00 bits per heavy atom. The number of anilines is 1. The second-order valence-corrected chi connectivity index (χ2v) is 6.13. The first-order chi connectivity index (χ1) is 12.0. The first-order valence-corrected chi connectivity index (χ1v) is 8.06. The maximum Gasteiger partial charge on any atom is 0.335 e. The molecule has 0 saturated heterocycles. The summed E-state index contributed by atoms with van der Waals surface area (Å²) in [7, 11) is 1.77. The predicted octanol–water partition coefficient (Wildman–Crippen LogP) is 2.72. The van der Waals surface area contributed by atoms with Crippen LogP contribution in [0.25, 0.3) is 0 Å². The highest BCUT2D eigenvalue weighted by Crippen LogP contribution is 2.27. The van der Waals surface area contributed by atoms with Crippen LogP contribution in [-0.2, 0) is 24.3 Å². The SMILES string of the molecule is CN1C(=O)CCc2cc(CNCc3cc(C(=O)O)ccc3F)ccc21. The summed E-state index contributed by atoms with van der Waals surface area (Å²) in [6.45, 7) is 0.768. The summed E-state index contributed by atoms with van der Waals surface area (Å²) in [5.41, 5.74) is 3.49. The maximum atomic E-state index is 13.8. The zero-order valence-corrected chi connectivity index (χ0v) is 13.9. The van der Waals surface area contributed by atoms with E-state index in [1.807, 2.05) is 12.1 Å². The van der Waals surface area contributed by atoms with Gasteiger partial charge in [0.15, 0.2) is 0 Å². The molecule has 0 aromatic heterocycles. The standard InChI is InChI=1S/C19H19FN2O3/c1-22-17-6-2-12(8-13(17)4-7-18(22)23)10-21-11-15-9-14(19(24)25)3-5-16(15)20/h2-3,5-6,8-9,21H,4,7,10-11H2,1H3,(H,24,25). The quantitative estimate of drug-likeness (QED) is 0.877. The highest BCUT2D eigenvalue weighted by Gasteiger charge is 2.20. The molecule has 0 spiro atoms. The van der Waals surface area contributed by atoms with Gasteiger partial charge in [0.05, 0.1) is 5.56 Å². The summed E-state index contributed by atoms with van der Waals surface area (Å²) in [6.07, 6.45) is 1.23. The van der Waals surface area contributed by atoms with Crippen molar-refractivity contribution in [2.24, 2.45) is 0 Å². The predicted molar refractivity (Wildman–Crippen MR) is 92.1 cm³/mol. The third-order valence-electron chi connectivity index (χ3n) is 4.42. The van der Waals surface area contributed by atoms with Gasteiger partial charge < -0.3 is 15.3 Å². The molecule has 3 rings (SSSR count). The van der Waals surface area contributed by atoms with Crippen molar-refractivity contribution in [2.75, 3.05) is 11.9 Å². The van der Waals surface area contributed by atoms with E-state index in [2.05, 4.69) is 11.4 Å². The Morgan fingerprint density at radius 1 is 1.20 bits per heavy atom. The lowest BCUT2D eigenvalue weighted by Gasteiger charge is -2.26. The fourth-order valence-corrected chi connectivity index (χ4v) is 3.00. The van der Waals surface area contributed by atoms with Crippen molar-refractivity contribution in [2.45, 2.75) is 25.9 Å². The normalized spacial score (nSPS) is 13.7. The fraction of sp³-hybridized carbons (Fsp3) is 0.263. The van der Waals surface area contributed by atoms with E-state index in [1.54, 1.807) is 11.9 Å². The Bertz CT molecular complexity index is 835. The molecule has 1 amide bonds. The van der Waals surface area contributed by atoms with Gasteiger partial charge in [-0.3, -0.25) is 4.79 Å². The van der Waals surface area contributed by atoms with Gasteiger partial charge in [-0.1, -0.05) is 12.1 Å². The zero-order chi connectivity index (χ0) is 18.0. The average molecular weight is 342 g/mol. The number of rotatable bonds is 5. The van der Waals surface area contributed by atoms with Crippen LogP contribution in [0.1, 0.15) is 33.5 Å². The maximum absolute atomic E-state index is 13.8. The minimum absolute atomic E-state index is 0.0692. The van der Waals surface area contributed by atoms with Crippen molar-refractivity contribution in [3.63, 3.8) is 0 Å². The molecule has 5 nitrogen and oxygen atoms in total. The topological polar surface area (TPSA) is 69.6 Å². The van der Waals surface area contributed by atoms with E-state index in [4.69, 9.17) is 5.11 Å². The van der Waals surface area contributed by atoms with E-state index in [9.17, 15) is 14.0 Å². The van der Waals surface area contributed by atoms with Gasteiger partial charge in [0.25, 0.3) is 0 Å². The van der Waals surface area contributed by atoms with Gasteiger partial charge in [-0.25, -0.2) is 9.18 Å². The van der Waals surface area contributed by atoms with Gasteiger partial charge in [-0.15, -0.1) is 0 Å². The number of benzene rings is 2. The van der Waals surface area contributed by atoms with E-state index < -0.39 is 11.8 Å². The van der Waals surface area contributed by atoms with Gasteiger partial charge in [-0.05, 0) is 41.8 Å². The summed E-state index contributed by atoms with van der Waals surface area (Å²) in [5, 5.41) is 12.1. The number of halogens is 1. The number of hydrogen-bond donors (Lipinski definition) is 2. The van der Waals surface area contributed by atoms with E-state index in [0.717, 1.165) is 23.2 Å². The lowest BCUT2D eigenvalue weighted by atomic mass is 9.99. The first kappa shape index (κ1) is 17.1. The van der Waals surface area contributed by atoms with Crippen LogP contribution >= 0.6 is 0 Å². The van der Waals surface area contributed by atoms with Crippen molar-refractivity contribution in [3.8, 4) is 0 Å². The van der Waals surface area contributed by atoms with Crippen LogP contribution in [0.5, 0.6) is 0 Å². The minimum Gasteiger partial charge on any atom is -0.478 e. The van der Waals surface area contributed by atoms with Gasteiger partial charge >= 0.3 is 5.97 Å². The molecule has 0 unspecified atom stereocenters. The molecule has 1 aliphatic rings.